The summed E-state index contributed by atoms with van der Waals surface area (Å²) in [6.07, 6.45) is 2.66. The molecule has 0 aliphatic heterocycles. The second-order valence-corrected chi connectivity index (χ2v) is 6.62. The number of benzene rings is 2. The zero-order valence-electron chi connectivity index (χ0n) is 13.2. The minimum atomic E-state index is -0.292. The minimum absolute atomic E-state index is 0.00890. The van der Waals surface area contributed by atoms with E-state index in [9.17, 15) is 5.11 Å². The molecule has 1 saturated carbocycles. The zero-order valence-corrected chi connectivity index (χ0v) is 13.2. The third kappa shape index (κ3) is 2.63. The van der Waals surface area contributed by atoms with Crippen LogP contribution < -0.4 is 0 Å². The lowest BCUT2D eigenvalue weighted by Crippen LogP contribution is -2.28. The van der Waals surface area contributed by atoms with Crippen LogP contribution in [0.5, 0.6) is 0 Å². The van der Waals surface area contributed by atoms with Crippen molar-refractivity contribution in [1.82, 2.24) is 0 Å². The Morgan fingerprint density at radius 1 is 1.00 bits per heavy atom. The van der Waals surface area contributed by atoms with Crippen molar-refractivity contribution in [2.24, 2.45) is 0 Å². The molecule has 0 aromatic heterocycles. The number of aliphatic hydroxyl groups excluding tert-OH is 1. The Bertz CT molecular complexity index is 615. The summed E-state index contributed by atoms with van der Waals surface area (Å²) in [6, 6.07) is 14.9. The average Bonchev–Trinajstić information content (AvgIpc) is 3.25. The van der Waals surface area contributed by atoms with Crippen LogP contribution in [0.1, 0.15) is 40.7 Å². The topological polar surface area (TPSA) is 20.2 Å². The highest BCUT2D eigenvalue weighted by atomic mass is 16.3. The van der Waals surface area contributed by atoms with E-state index >= 15 is 0 Å². The Balaban J connectivity index is 1.86. The molecule has 0 radical (unpaired) electrons. The average molecular weight is 280 g/mol. The maximum atomic E-state index is 10.9. The molecule has 110 valence electrons. The van der Waals surface area contributed by atoms with E-state index in [1.165, 1.54) is 27.8 Å². The number of hydrogen-bond acceptors (Lipinski definition) is 1. The van der Waals surface area contributed by atoms with Crippen LogP contribution in [0, 0.1) is 20.8 Å². The maximum Gasteiger partial charge on any atom is 0.0677 e. The van der Waals surface area contributed by atoms with E-state index in [4.69, 9.17) is 0 Å². The van der Waals surface area contributed by atoms with E-state index in [-0.39, 0.29) is 11.5 Å². The van der Waals surface area contributed by atoms with Gasteiger partial charge in [0.05, 0.1) is 6.10 Å². The molecule has 1 heteroatoms. The fraction of sp³-hybridized carbons (Fsp3) is 0.400. The van der Waals surface area contributed by atoms with Crippen LogP contribution in [0.4, 0.5) is 0 Å². The summed E-state index contributed by atoms with van der Waals surface area (Å²) >= 11 is 0. The highest BCUT2D eigenvalue weighted by Crippen LogP contribution is 2.51. The van der Waals surface area contributed by atoms with Gasteiger partial charge < -0.3 is 5.11 Å². The van der Waals surface area contributed by atoms with Gasteiger partial charge >= 0.3 is 0 Å². The Morgan fingerprint density at radius 2 is 1.57 bits per heavy atom. The van der Waals surface area contributed by atoms with Gasteiger partial charge in [0.25, 0.3) is 0 Å². The molecule has 2 aromatic rings. The van der Waals surface area contributed by atoms with Crippen molar-refractivity contribution in [3.8, 4) is 0 Å². The first-order chi connectivity index (χ1) is 10.0. The van der Waals surface area contributed by atoms with Gasteiger partial charge in [0.2, 0.25) is 0 Å². The molecule has 21 heavy (non-hydrogen) atoms. The molecule has 0 heterocycles. The summed E-state index contributed by atoms with van der Waals surface area (Å²) in [7, 11) is 0. The molecule has 1 fully saturated rings. The van der Waals surface area contributed by atoms with Gasteiger partial charge in [-0.3, -0.25) is 0 Å². The molecule has 1 aliphatic rings. The summed E-state index contributed by atoms with van der Waals surface area (Å²) < 4.78 is 0. The molecular formula is C20H24O. The first kappa shape index (κ1) is 14.3. The second kappa shape index (κ2) is 5.31. The van der Waals surface area contributed by atoms with Gasteiger partial charge in [-0.15, -0.1) is 0 Å². The SMILES string of the molecule is Cc1cc(C)c(CC(O)C2(c3ccccc3)CC2)c(C)c1. The Morgan fingerprint density at radius 3 is 2.10 bits per heavy atom. The number of rotatable bonds is 4. The smallest absolute Gasteiger partial charge is 0.0677 e. The van der Waals surface area contributed by atoms with Crippen LogP contribution in [0.3, 0.4) is 0 Å². The molecule has 1 nitrogen and oxygen atoms in total. The lowest BCUT2D eigenvalue weighted by molar-refractivity contribution is 0.131. The first-order valence-corrected chi connectivity index (χ1v) is 7.83. The molecule has 0 saturated heterocycles. The predicted octanol–water partition coefficient (Wildman–Crippen LogP) is 4.25. The number of aliphatic hydroxyl groups is 1. The standard InChI is InChI=1S/C20H24O/c1-14-11-15(2)18(16(3)12-14)13-19(21)20(9-10-20)17-7-5-4-6-8-17/h4-8,11-12,19,21H,9-10,13H2,1-3H3. The van der Waals surface area contributed by atoms with Crippen LogP contribution >= 0.6 is 0 Å². The largest absolute Gasteiger partial charge is 0.392 e. The summed E-state index contributed by atoms with van der Waals surface area (Å²) in [6.45, 7) is 6.45. The maximum absolute atomic E-state index is 10.9. The van der Waals surface area contributed by atoms with Crippen LogP contribution in [0.15, 0.2) is 42.5 Å². The van der Waals surface area contributed by atoms with Gasteiger partial charge in [0.1, 0.15) is 0 Å². The van der Waals surface area contributed by atoms with Gasteiger partial charge in [-0.1, -0.05) is 48.0 Å². The third-order valence-electron chi connectivity index (χ3n) is 5.01. The van der Waals surface area contributed by atoms with Crippen molar-refractivity contribution in [2.45, 2.75) is 51.6 Å². The van der Waals surface area contributed by atoms with Crippen LogP contribution in [-0.4, -0.2) is 11.2 Å². The van der Waals surface area contributed by atoms with Crippen molar-refractivity contribution in [1.29, 1.82) is 0 Å². The molecular weight excluding hydrogens is 256 g/mol. The fourth-order valence-corrected chi connectivity index (χ4v) is 3.64. The van der Waals surface area contributed by atoms with Gasteiger partial charge in [-0.25, -0.2) is 0 Å². The molecule has 3 rings (SSSR count). The van der Waals surface area contributed by atoms with E-state index in [0.29, 0.717) is 0 Å². The first-order valence-electron chi connectivity index (χ1n) is 7.83. The highest BCUT2D eigenvalue weighted by molar-refractivity contribution is 5.40. The second-order valence-electron chi connectivity index (χ2n) is 6.62. The van der Waals surface area contributed by atoms with Crippen molar-refractivity contribution < 1.29 is 5.11 Å². The molecule has 1 atom stereocenters. The lowest BCUT2D eigenvalue weighted by Gasteiger charge is -2.24. The van der Waals surface area contributed by atoms with Crippen molar-refractivity contribution in [3.05, 3.63) is 70.3 Å². The Labute approximate surface area is 127 Å². The van der Waals surface area contributed by atoms with Gasteiger partial charge in [-0.05, 0) is 62.3 Å². The molecule has 1 unspecified atom stereocenters. The lowest BCUT2D eigenvalue weighted by atomic mass is 9.84. The molecule has 0 amide bonds. The summed E-state index contributed by atoms with van der Waals surface area (Å²) in [5.41, 5.74) is 6.50. The van der Waals surface area contributed by atoms with Crippen molar-refractivity contribution in [3.63, 3.8) is 0 Å². The zero-order chi connectivity index (χ0) is 15.0. The third-order valence-corrected chi connectivity index (χ3v) is 5.01. The number of aryl methyl sites for hydroxylation is 3. The van der Waals surface area contributed by atoms with Crippen LogP contribution in [0.2, 0.25) is 0 Å². The van der Waals surface area contributed by atoms with Crippen molar-refractivity contribution in [2.75, 3.05) is 0 Å². The fourth-order valence-electron chi connectivity index (χ4n) is 3.64. The summed E-state index contributed by atoms with van der Waals surface area (Å²) in [5, 5.41) is 10.9. The van der Waals surface area contributed by atoms with Gasteiger partial charge in [-0.2, -0.15) is 0 Å². The summed E-state index contributed by atoms with van der Waals surface area (Å²) in [4.78, 5) is 0. The molecule has 0 spiro atoms. The van der Waals surface area contributed by atoms with E-state index in [1.54, 1.807) is 0 Å². The normalized spacial score (nSPS) is 17.5. The van der Waals surface area contributed by atoms with Crippen LogP contribution in [0.25, 0.3) is 0 Å². The van der Waals surface area contributed by atoms with Crippen LogP contribution in [-0.2, 0) is 11.8 Å². The van der Waals surface area contributed by atoms with E-state index < -0.39 is 0 Å². The molecule has 1 aliphatic carbocycles. The Hall–Kier alpha value is -1.60. The van der Waals surface area contributed by atoms with Gasteiger partial charge in [0, 0.05) is 5.41 Å². The minimum Gasteiger partial charge on any atom is -0.392 e. The highest BCUT2D eigenvalue weighted by Gasteiger charge is 2.50. The number of hydrogen-bond donors (Lipinski definition) is 1. The van der Waals surface area contributed by atoms with E-state index in [1.807, 2.05) is 6.07 Å². The quantitative estimate of drug-likeness (QED) is 0.888. The molecule has 0 bridgehead atoms. The van der Waals surface area contributed by atoms with E-state index in [0.717, 1.165) is 19.3 Å². The van der Waals surface area contributed by atoms with Crippen molar-refractivity contribution >= 4 is 0 Å². The summed E-state index contributed by atoms with van der Waals surface area (Å²) in [5.74, 6) is 0. The monoisotopic (exact) mass is 280 g/mol. The molecule has 1 N–H and O–H groups in total. The Kier molecular flexibility index (Phi) is 3.62. The van der Waals surface area contributed by atoms with Gasteiger partial charge in [0.15, 0.2) is 0 Å². The predicted molar refractivity (Wildman–Crippen MR) is 87.7 cm³/mol. The van der Waals surface area contributed by atoms with E-state index in [2.05, 4.69) is 57.2 Å². The molecule has 2 aromatic carbocycles.